The van der Waals surface area contributed by atoms with Crippen molar-refractivity contribution in [1.82, 2.24) is 4.68 Å². The van der Waals surface area contributed by atoms with Crippen molar-refractivity contribution in [3.63, 3.8) is 0 Å². The van der Waals surface area contributed by atoms with Crippen LogP contribution in [0.2, 0.25) is 0 Å². The molecule has 0 fully saturated rings. The lowest BCUT2D eigenvalue weighted by molar-refractivity contribution is 0.173. The Hall–Kier alpha value is -2.10. The van der Waals surface area contributed by atoms with Crippen molar-refractivity contribution in [1.29, 1.82) is 0 Å². The zero-order valence-corrected chi connectivity index (χ0v) is 8.72. The highest BCUT2D eigenvalue weighted by Gasteiger charge is 2.16. The summed E-state index contributed by atoms with van der Waals surface area (Å²) in [4.78, 5) is 0. The summed E-state index contributed by atoms with van der Waals surface area (Å²) in [5.41, 5.74) is 4.35. The molecular weight excluding hydrogens is 204 g/mol. The molecule has 1 N–H and O–H groups in total. The second-order valence-electron chi connectivity index (χ2n) is 3.58. The quantitative estimate of drug-likeness (QED) is 0.851. The summed E-state index contributed by atoms with van der Waals surface area (Å²) in [6.07, 6.45) is 3.92. The topological polar surface area (TPSA) is 35.4 Å². The standard InChI is InChI=1S/C12H12N2O2/c1-2-7-14(6-1)13-8-10-4-3-5-11-12(10)16-9-15-11/h1-7,13H,8-9H2. The number of hydrogen-bond acceptors (Lipinski definition) is 3. The Kier molecular flexibility index (Phi) is 2.18. The molecule has 1 aromatic carbocycles. The lowest BCUT2D eigenvalue weighted by Crippen LogP contribution is -2.12. The van der Waals surface area contributed by atoms with Gasteiger partial charge in [0.2, 0.25) is 6.79 Å². The number of ether oxygens (including phenoxy) is 2. The van der Waals surface area contributed by atoms with Crippen LogP contribution in [0.5, 0.6) is 11.5 Å². The minimum Gasteiger partial charge on any atom is -0.454 e. The van der Waals surface area contributed by atoms with Crippen LogP contribution in [0.15, 0.2) is 42.7 Å². The highest BCUT2D eigenvalue weighted by atomic mass is 16.7. The van der Waals surface area contributed by atoms with Gasteiger partial charge in [-0.25, -0.2) is 0 Å². The Morgan fingerprint density at radius 2 is 2.00 bits per heavy atom. The molecule has 4 heteroatoms. The van der Waals surface area contributed by atoms with Crippen LogP contribution in [0, 0.1) is 0 Å². The first-order chi connectivity index (χ1) is 7.93. The fourth-order valence-electron chi connectivity index (χ4n) is 1.75. The second kappa shape index (κ2) is 3.81. The average Bonchev–Trinajstić information content (AvgIpc) is 2.97. The Bertz CT molecular complexity index is 480. The summed E-state index contributed by atoms with van der Waals surface area (Å²) >= 11 is 0. The van der Waals surface area contributed by atoms with Gasteiger partial charge in [0, 0.05) is 18.0 Å². The minimum absolute atomic E-state index is 0.315. The fraction of sp³-hybridized carbons (Fsp3) is 0.167. The largest absolute Gasteiger partial charge is 0.454 e. The molecule has 0 spiro atoms. The third-order valence-electron chi connectivity index (χ3n) is 2.53. The number of aromatic nitrogens is 1. The molecular formula is C12H12N2O2. The normalized spacial score (nSPS) is 12.8. The van der Waals surface area contributed by atoms with E-state index in [0.29, 0.717) is 13.3 Å². The predicted molar refractivity (Wildman–Crippen MR) is 60.1 cm³/mol. The molecule has 82 valence electrons. The molecule has 0 saturated carbocycles. The molecule has 0 saturated heterocycles. The Morgan fingerprint density at radius 3 is 2.88 bits per heavy atom. The zero-order valence-electron chi connectivity index (χ0n) is 8.72. The van der Waals surface area contributed by atoms with Gasteiger partial charge in [0.15, 0.2) is 11.5 Å². The molecule has 0 unspecified atom stereocenters. The van der Waals surface area contributed by atoms with Crippen LogP contribution in [0.1, 0.15) is 5.56 Å². The maximum atomic E-state index is 5.43. The van der Waals surface area contributed by atoms with E-state index in [0.717, 1.165) is 17.1 Å². The number of nitrogens with one attached hydrogen (secondary N) is 1. The summed E-state index contributed by atoms with van der Waals surface area (Å²) in [6.45, 7) is 1.02. The van der Waals surface area contributed by atoms with Crippen molar-refractivity contribution in [2.45, 2.75) is 6.54 Å². The Labute approximate surface area is 93.4 Å². The van der Waals surface area contributed by atoms with Gasteiger partial charge in [0.25, 0.3) is 0 Å². The predicted octanol–water partition coefficient (Wildman–Crippen LogP) is 1.96. The molecule has 1 aromatic heterocycles. The van der Waals surface area contributed by atoms with Crippen LogP contribution in [0.25, 0.3) is 0 Å². The molecule has 3 rings (SSSR count). The molecule has 0 radical (unpaired) electrons. The van der Waals surface area contributed by atoms with Crippen molar-refractivity contribution in [3.05, 3.63) is 48.3 Å². The maximum Gasteiger partial charge on any atom is 0.231 e. The van der Waals surface area contributed by atoms with Crippen molar-refractivity contribution in [2.75, 3.05) is 12.2 Å². The van der Waals surface area contributed by atoms with E-state index in [1.807, 2.05) is 47.4 Å². The molecule has 0 amide bonds. The van der Waals surface area contributed by atoms with Gasteiger partial charge in [0.05, 0.1) is 6.54 Å². The molecule has 4 nitrogen and oxygen atoms in total. The minimum atomic E-state index is 0.315. The number of para-hydroxylation sites is 1. The first-order valence-electron chi connectivity index (χ1n) is 5.18. The maximum absolute atomic E-state index is 5.43. The van der Waals surface area contributed by atoms with Crippen LogP contribution in [0.4, 0.5) is 0 Å². The van der Waals surface area contributed by atoms with E-state index in [4.69, 9.17) is 9.47 Å². The number of rotatable bonds is 3. The number of benzene rings is 1. The lowest BCUT2D eigenvalue weighted by atomic mass is 10.2. The van der Waals surface area contributed by atoms with Crippen LogP contribution < -0.4 is 14.9 Å². The van der Waals surface area contributed by atoms with Gasteiger partial charge < -0.3 is 14.9 Å². The average molecular weight is 216 g/mol. The van der Waals surface area contributed by atoms with Crippen molar-refractivity contribution < 1.29 is 9.47 Å². The smallest absolute Gasteiger partial charge is 0.231 e. The third-order valence-corrected chi connectivity index (χ3v) is 2.53. The lowest BCUT2D eigenvalue weighted by Gasteiger charge is -2.09. The van der Waals surface area contributed by atoms with Crippen molar-refractivity contribution in [3.8, 4) is 11.5 Å². The first kappa shape index (κ1) is 9.15. The molecule has 0 bridgehead atoms. The van der Waals surface area contributed by atoms with E-state index in [1.165, 1.54) is 0 Å². The van der Waals surface area contributed by atoms with Crippen LogP contribution in [-0.4, -0.2) is 11.5 Å². The number of hydrogen-bond donors (Lipinski definition) is 1. The highest BCUT2D eigenvalue weighted by molar-refractivity contribution is 5.48. The molecule has 0 aliphatic carbocycles. The first-order valence-corrected chi connectivity index (χ1v) is 5.18. The number of fused-ring (bicyclic) bond motifs is 1. The summed E-state index contributed by atoms with van der Waals surface area (Å²) in [5, 5.41) is 0. The second-order valence-corrected chi connectivity index (χ2v) is 3.58. The van der Waals surface area contributed by atoms with Gasteiger partial charge in [0.1, 0.15) is 0 Å². The van der Waals surface area contributed by atoms with E-state index >= 15 is 0 Å². The van der Waals surface area contributed by atoms with Gasteiger partial charge in [-0.1, -0.05) is 12.1 Å². The van der Waals surface area contributed by atoms with Gasteiger partial charge in [-0.15, -0.1) is 0 Å². The van der Waals surface area contributed by atoms with E-state index < -0.39 is 0 Å². The molecule has 1 aliphatic rings. The van der Waals surface area contributed by atoms with E-state index in [1.54, 1.807) is 0 Å². The van der Waals surface area contributed by atoms with E-state index in [-0.39, 0.29) is 0 Å². The summed E-state index contributed by atoms with van der Waals surface area (Å²) in [7, 11) is 0. The summed E-state index contributed by atoms with van der Waals surface area (Å²) in [5.74, 6) is 1.67. The zero-order chi connectivity index (χ0) is 10.8. The molecule has 2 aromatic rings. The van der Waals surface area contributed by atoms with Crippen molar-refractivity contribution >= 4 is 0 Å². The molecule has 16 heavy (non-hydrogen) atoms. The molecule has 2 heterocycles. The summed E-state index contributed by atoms with van der Waals surface area (Å²) in [6, 6.07) is 9.87. The van der Waals surface area contributed by atoms with Gasteiger partial charge in [-0.3, -0.25) is 4.68 Å². The van der Waals surface area contributed by atoms with Gasteiger partial charge >= 0.3 is 0 Å². The van der Waals surface area contributed by atoms with Crippen LogP contribution in [-0.2, 0) is 6.54 Å². The van der Waals surface area contributed by atoms with Crippen LogP contribution in [0.3, 0.4) is 0 Å². The Morgan fingerprint density at radius 1 is 1.12 bits per heavy atom. The third kappa shape index (κ3) is 1.58. The van der Waals surface area contributed by atoms with E-state index in [2.05, 4.69) is 5.43 Å². The molecule has 1 aliphatic heterocycles. The SMILES string of the molecule is c1cc(CNn2cccc2)c2c(c1)OCO2. The van der Waals surface area contributed by atoms with Crippen LogP contribution >= 0.6 is 0 Å². The molecule has 0 atom stereocenters. The van der Waals surface area contributed by atoms with Gasteiger partial charge in [-0.2, -0.15) is 0 Å². The van der Waals surface area contributed by atoms with E-state index in [9.17, 15) is 0 Å². The Balaban J connectivity index is 1.78. The van der Waals surface area contributed by atoms with Gasteiger partial charge in [-0.05, 0) is 18.2 Å². The highest BCUT2D eigenvalue weighted by Crippen LogP contribution is 2.35. The monoisotopic (exact) mass is 216 g/mol. The summed E-state index contributed by atoms with van der Waals surface area (Å²) < 4.78 is 12.7. The fourth-order valence-corrected chi connectivity index (χ4v) is 1.75. The van der Waals surface area contributed by atoms with Crippen molar-refractivity contribution in [2.24, 2.45) is 0 Å². The number of nitrogens with zero attached hydrogens (tertiary/aromatic N) is 1.